The number of carbonyl (C=O) groups is 1. The van der Waals surface area contributed by atoms with Gasteiger partial charge in [-0.25, -0.2) is 0 Å². The molecule has 1 N–H and O–H groups in total. The molecule has 0 atom stereocenters. The number of nitrogens with one attached hydrogen (secondary N) is 1. The van der Waals surface area contributed by atoms with Gasteiger partial charge in [0, 0.05) is 15.1 Å². The molecule has 1 amide bonds. The Morgan fingerprint density at radius 1 is 1.13 bits per heavy atom. The molecule has 23 heavy (non-hydrogen) atoms. The molecule has 0 saturated heterocycles. The lowest BCUT2D eigenvalue weighted by molar-refractivity contribution is 0.101. The van der Waals surface area contributed by atoms with E-state index in [4.69, 9.17) is 0 Å². The quantitative estimate of drug-likeness (QED) is 0.692. The Hall–Kier alpha value is -2.19. The molecular weight excluding hydrogens is 378 g/mol. The first-order valence-electron chi connectivity index (χ1n) is 6.67. The van der Waals surface area contributed by atoms with Crippen molar-refractivity contribution in [3.8, 4) is 5.69 Å². The minimum absolute atomic E-state index is 0.0156. The molecule has 0 aliphatic carbocycles. The second-order valence-electron chi connectivity index (χ2n) is 4.56. The van der Waals surface area contributed by atoms with Crippen LogP contribution in [0.2, 0.25) is 0 Å². The molecule has 0 fully saturated rings. The van der Waals surface area contributed by atoms with Crippen LogP contribution in [0, 0.1) is 0 Å². The topological polar surface area (TPSA) is 72.7 Å². The maximum absolute atomic E-state index is 12.2. The summed E-state index contributed by atoms with van der Waals surface area (Å²) in [5.41, 5.74) is 1.41. The number of carbonyl (C=O) groups excluding carboxylic acids is 1. The number of aromatic nitrogens is 4. The summed E-state index contributed by atoms with van der Waals surface area (Å²) in [6.07, 6.45) is 2.00. The van der Waals surface area contributed by atoms with E-state index in [1.54, 1.807) is 11.8 Å². The van der Waals surface area contributed by atoms with E-state index in [0.29, 0.717) is 5.69 Å². The first-order valence-corrected chi connectivity index (χ1v) is 8.69. The van der Waals surface area contributed by atoms with Crippen LogP contribution in [-0.2, 0) is 0 Å². The molecule has 0 aliphatic rings. The third-order valence-electron chi connectivity index (χ3n) is 3.02. The Morgan fingerprint density at radius 2 is 1.83 bits per heavy atom. The van der Waals surface area contributed by atoms with Crippen LogP contribution in [-0.4, -0.2) is 32.4 Å². The molecule has 0 aliphatic heterocycles. The van der Waals surface area contributed by atoms with Gasteiger partial charge < -0.3 is 5.32 Å². The third kappa shape index (κ3) is 3.77. The smallest absolute Gasteiger partial charge is 0.297 e. The summed E-state index contributed by atoms with van der Waals surface area (Å²) in [5.74, 6) is -0.382. The molecule has 6 nitrogen and oxygen atoms in total. The number of benzene rings is 2. The highest BCUT2D eigenvalue weighted by Gasteiger charge is 2.13. The predicted molar refractivity (Wildman–Crippen MR) is 93.0 cm³/mol. The second-order valence-corrected chi connectivity index (χ2v) is 6.36. The third-order valence-corrected chi connectivity index (χ3v) is 4.29. The molecule has 0 radical (unpaired) electrons. The monoisotopic (exact) mass is 389 g/mol. The van der Waals surface area contributed by atoms with Crippen LogP contribution in [0.3, 0.4) is 0 Å². The molecule has 2 aromatic carbocycles. The Bertz CT molecular complexity index is 817. The normalized spacial score (nSPS) is 10.5. The van der Waals surface area contributed by atoms with Gasteiger partial charge >= 0.3 is 0 Å². The van der Waals surface area contributed by atoms with Crippen LogP contribution in [0.4, 0.5) is 5.69 Å². The van der Waals surface area contributed by atoms with Crippen LogP contribution in [0.1, 0.15) is 10.6 Å². The summed E-state index contributed by atoms with van der Waals surface area (Å²) in [5, 5.41) is 14.6. The van der Waals surface area contributed by atoms with Crippen molar-refractivity contribution in [3.05, 3.63) is 58.8 Å². The molecule has 1 aromatic heterocycles. The summed E-state index contributed by atoms with van der Waals surface area (Å²) in [4.78, 5) is 14.6. The molecular formula is C15H12BrN5OS. The second kappa shape index (κ2) is 6.93. The summed E-state index contributed by atoms with van der Waals surface area (Å²) < 4.78 is 0.952. The minimum atomic E-state index is -0.398. The van der Waals surface area contributed by atoms with Gasteiger partial charge in [-0.05, 0) is 60.0 Å². The molecule has 0 bridgehead atoms. The molecule has 116 valence electrons. The maximum atomic E-state index is 12.2. The standard InChI is InChI=1S/C15H12BrN5OS/c1-23-13-8-4-11(5-9-13)17-15(22)14-18-20-21(19-14)12-6-2-10(16)3-7-12/h2-9H,1H3,(H,17,22). The lowest BCUT2D eigenvalue weighted by Crippen LogP contribution is -2.14. The molecule has 1 heterocycles. The number of hydrogen-bond donors (Lipinski definition) is 1. The first-order chi connectivity index (χ1) is 11.2. The van der Waals surface area contributed by atoms with E-state index in [1.165, 1.54) is 4.80 Å². The Kier molecular flexibility index (Phi) is 4.73. The van der Waals surface area contributed by atoms with Crippen molar-refractivity contribution in [2.24, 2.45) is 0 Å². The van der Waals surface area contributed by atoms with Gasteiger partial charge in [-0.1, -0.05) is 15.9 Å². The Morgan fingerprint density at radius 3 is 2.48 bits per heavy atom. The number of nitrogens with zero attached hydrogens (tertiary/aromatic N) is 4. The number of hydrogen-bond acceptors (Lipinski definition) is 5. The Labute approximate surface area is 145 Å². The summed E-state index contributed by atoms with van der Waals surface area (Å²) >= 11 is 5.00. The number of amides is 1. The van der Waals surface area contributed by atoms with E-state index in [1.807, 2.05) is 54.8 Å². The zero-order chi connectivity index (χ0) is 16.2. The largest absolute Gasteiger partial charge is 0.319 e. The van der Waals surface area contributed by atoms with Crippen molar-refractivity contribution in [1.29, 1.82) is 0 Å². The fourth-order valence-corrected chi connectivity index (χ4v) is 2.52. The van der Waals surface area contributed by atoms with Crippen molar-refractivity contribution in [3.63, 3.8) is 0 Å². The fraction of sp³-hybridized carbons (Fsp3) is 0.0667. The van der Waals surface area contributed by atoms with E-state index in [2.05, 4.69) is 36.7 Å². The highest BCUT2D eigenvalue weighted by Crippen LogP contribution is 2.18. The molecule has 0 unspecified atom stereocenters. The van der Waals surface area contributed by atoms with Gasteiger partial charge in [0.15, 0.2) is 0 Å². The average molecular weight is 390 g/mol. The highest BCUT2D eigenvalue weighted by molar-refractivity contribution is 9.10. The van der Waals surface area contributed by atoms with E-state index >= 15 is 0 Å². The van der Waals surface area contributed by atoms with Crippen molar-refractivity contribution >= 4 is 39.3 Å². The number of thioether (sulfide) groups is 1. The van der Waals surface area contributed by atoms with Crippen molar-refractivity contribution in [2.75, 3.05) is 11.6 Å². The van der Waals surface area contributed by atoms with Crippen LogP contribution in [0.5, 0.6) is 0 Å². The first kappa shape index (κ1) is 15.7. The van der Waals surface area contributed by atoms with Gasteiger partial charge in [-0.3, -0.25) is 4.79 Å². The highest BCUT2D eigenvalue weighted by atomic mass is 79.9. The van der Waals surface area contributed by atoms with Gasteiger partial charge in [0.25, 0.3) is 11.7 Å². The fourth-order valence-electron chi connectivity index (χ4n) is 1.85. The van der Waals surface area contributed by atoms with Crippen molar-refractivity contribution in [2.45, 2.75) is 4.90 Å². The molecule has 0 saturated carbocycles. The van der Waals surface area contributed by atoms with Gasteiger partial charge in [-0.15, -0.1) is 26.8 Å². The summed E-state index contributed by atoms with van der Waals surface area (Å²) in [7, 11) is 0. The number of anilines is 1. The lowest BCUT2D eigenvalue weighted by Gasteiger charge is -2.03. The van der Waals surface area contributed by atoms with E-state index in [9.17, 15) is 4.79 Å². The molecule has 0 spiro atoms. The van der Waals surface area contributed by atoms with Crippen LogP contribution in [0.25, 0.3) is 5.69 Å². The average Bonchev–Trinajstić information content (AvgIpc) is 3.06. The number of tetrazole rings is 1. The van der Waals surface area contributed by atoms with Crippen LogP contribution >= 0.6 is 27.7 Å². The molecule has 3 aromatic rings. The minimum Gasteiger partial charge on any atom is -0.319 e. The van der Waals surface area contributed by atoms with Gasteiger partial charge in [-0.2, -0.15) is 0 Å². The summed E-state index contributed by atoms with van der Waals surface area (Å²) in [6.45, 7) is 0. The zero-order valence-corrected chi connectivity index (χ0v) is 14.5. The summed E-state index contributed by atoms with van der Waals surface area (Å²) in [6, 6.07) is 14.9. The van der Waals surface area contributed by atoms with E-state index < -0.39 is 5.91 Å². The number of rotatable bonds is 4. The van der Waals surface area contributed by atoms with E-state index in [0.717, 1.165) is 15.1 Å². The molecule has 8 heteroatoms. The zero-order valence-electron chi connectivity index (χ0n) is 12.1. The molecule has 3 rings (SSSR count). The van der Waals surface area contributed by atoms with Crippen LogP contribution < -0.4 is 5.32 Å². The van der Waals surface area contributed by atoms with Crippen LogP contribution in [0.15, 0.2) is 57.9 Å². The van der Waals surface area contributed by atoms with Crippen molar-refractivity contribution in [1.82, 2.24) is 20.2 Å². The van der Waals surface area contributed by atoms with Gasteiger partial charge in [0.2, 0.25) is 0 Å². The van der Waals surface area contributed by atoms with Gasteiger partial charge in [0.1, 0.15) is 0 Å². The maximum Gasteiger partial charge on any atom is 0.297 e. The lowest BCUT2D eigenvalue weighted by atomic mass is 10.3. The SMILES string of the molecule is CSc1ccc(NC(=O)c2nnn(-c3ccc(Br)cc3)n2)cc1. The van der Waals surface area contributed by atoms with Crippen molar-refractivity contribution < 1.29 is 4.79 Å². The predicted octanol–water partition coefficient (Wildman–Crippen LogP) is 3.40. The number of halogens is 1. The van der Waals surface area contributed by atoms with Gasteiger partial charge in [0.05, 0.1) is 5.69 Å². The Balaban J connectivity index is 1.74. The van der Waals surface area contributed by atoms with E-state index in [-0.39, 0.29) is 5.82 Å².